The maximum atomic E-state index is 4.14. The fourth-order valence-corrected chi connectivity index (χ4v) is 1.17. The van der Waals surface area contributed by atoms with Gasteiger partial charge in [-0.25, -0.2) is 0 Å². The monoisotopic (exact) mass is 145 g/mol. The third-order valence-electron chi connectivity index (χ3n) is 0.408. The molecule has 0 aliphatic carbocycles. The quantitative estimate of drug-likeness (QED) is 0.296. The van der Waals surface area contributed by atoms with Crippen LogP contribution in [0.2, 0.25) is 0 Å². The summed E-state index contributed by atoms with van der Waals surface area (Å²) in [6.45, 7) is 4.22. The molecule has 0 aromatic carbocycles. The van der Waals surface area contributed by atoms with Gasteiger partial charge < -0.3 is 0 Å². The number of rotatable bonds is 2. The summed E-state index contributed by atoms with van der Waals surface area (Å²) in [6.07, 6.45) is 0. The van der Waals surface area contributed by atoms with E-state index >= 15 is 0 Å². The minimum atomic E-state index is 0. The molecular weight excluding hydrogens is 135 g/mol. The molecule has 0 heterocycles. The van der Waals surface area contributed by atoms with Gasteiger partial charge in [0.1, 0.15) is 0 Å². The predicted molar refractivity (Wildman–Crippen MR) is 36.6 cm³/mol. The summed E-state index contributed by atoms with van der Waals surface area (Å²) in [4.78, 5) is 0. The van der Waals surface area contributed by atoms with E-state index in [4.69, 9.17) is 0 Å². The van der Waals surface area contributed by atoms with Gasteiger partial charge in [0.05, 0.1) is 0 Å². The minimum absolute atomic E-state index is 0. The Morgan fingerprint density at radius 3 is 2.14 bits per heavy atom. The Bertz CT molecular complexity index is 30.9. The van der Waals surface area contributed by atoms with E-state index < -0.39 is 0 Å². The smallest absolute Gasteiger partial charge is 0.165 e. The molecule has 0 nitrogen and oxygen atoms in total. The van der Waals surface area contributed by atoms with Crippen molar-refractivity contribution < 1.29 is 29.6 Å². The summed E-state index contributed by atoms with van der Waals surface area (Å²) < 4.78 is 0.509. The van der Waals surface area contributed by atoms with Gasteiger partial charge >= 0.3 is 29.6 Å². The Balaban J connectivity index is 0. The van der Waals surface area contributed by atoms with Gasteiger partial charge in [-0.05, 0) is 12.7 Å². The number of hydrogen-bond donors (Lipinski definition) is 1. The van der Waals surface area contributed by atoms with E-state index in [1.807, 2.05) is 11.8 Å². The van der Waals surface area contributed by atoms with Crippen molar-refractivity contribution in [3.63, 3.8) is 0 Å². The average Bonchev–Trinajstić information content (AvgIpc) is 1.35. The first kappa shape index (κ1) is 11.5. The van der Waals surface area contributed by atoms with Crippen molar-refractivity contribution in [1.82, 2.24) is 0 Å². The minimum Gasteiger partial charge on any atom is -0.165 e. The van der Waals surface area contributed by atoms with Crippen LogP contribution in [-0.4, -0.2) is 10.3 Å². The molecule has 3 heteroatoms. The van der Waals surface area contributed by atoms with Gasteiger partial charge in [0, 0.05) is 4.58 Å². The fourth-order valence-electron chi connectivity index (χ4n) is 0.241. The average molecular weight is 145 g/mol. The van der Waals surface area contributed by atoms with E-state index in [0.29, 0.717) is 4.58 Å². The standard InChI is InChI=1S/C4H10S2.Na/c1-3-6-4(2)5;/h4-5H,3H2,1-2H3;/q;+1. The molecule has 0 saturated carbocycles. The van der Waals surface area contributed by atoms with Crippen LogP contribution >= 0.6 is 24.4 Å². The molecule has 0 bridgehead atoms. The Kier molecular flexibility index (Phi) is 12.6. The molecule has 1 atom stereocenters. The van der Waals surface area contributed by atoms with Crippen molar-refractivity contribution in [3.8, 4) is 0 Å². The van der Waals surface area contributed by atoms with Crippen LogP contribution in [0.1, 0.15) is 13.8 Å². The van der Waals surface area contributed by atoms with E-state index in [2.05, 4.69) is 26.5 Å². The number of thioether (sulfide) groups is 1. The molecule has 38 valence electrons. The third kappa shape index (κ3) is 11.3. The molecule has 0 aromatic heterocycles. The van der Waals surface area contributed by atoms with Crippen molar-refractivity contribution in [3.05, 3.63) is 0 Å². The first-order chi connectivity index (χ1) is 2.77. The molecule has 0 radical (unpaired) electrons. The van der Waals surface area contributed by atoms with Crippen LogP contribution in [0.3, 0.4) is 0 Å². The van der Waals surface area contributed by atoms with Crippen LogP contribution in [-0.2, 0) is 0 Å². The van der Waals surface area contributed by atoms with E-state index in [0.717, 1.165) is 0 Å². The number of thiol groups is 1. The van der Waals surface area contributed by atoms with Crippen LogP contribution in [0.5, 0.6) is 0 Å². The second-order valence-corrected chi connectivity index (χ2v) is 3.80. The second kappa shape index (κ2) is 7.70. The maximum Gasteiger partial charge on any atom is 1.00 e. The topological polar surface area (TPSA) is 0 Å². The van der Waals surface area contributed by atoms with E-state index in [1.165, 1.54) is 5.75 Å². The zero-order valence-electron chi connectivity index (χ0n) is 5.14. The summed E-state index contributed by atoms with van der Waals surface area (Å²) in [7, 11) is 0. The zero-order valence-corrected chi connectivity index (χ0v) is 8.85. The van der Waals surface area contributed by atoms with E-state index in [-0.39, 0.29) is 29.6 Å². The van der Waals surface area contributed by atoms with Gasteiger partial charge in [-0.3, -0.25) is 0 Å². The Hall–Kier alpha value is 1.70. The summed E-state index contributed by atoms with van der Waals surface area (Å²) >= 11 is 5.99. The summed E-state index contributed by atoms with van der Waals surface area (Å²) in [5.74, 6) is 1.17. The van der Waals surface area contributed by atoms with Crippen LogP contribution in [0.25, 0.3) is 0 Å². The van der Waals surface area contributed by atoms with Gasteiger partial charge in [-0.15, -0.1) is 11.8 Å². The van der Waals surface area contributed by atoms with Crippen molar-refractivity contribution in [2.45, 2.75) is 18.4 Å². The van der Waals surface area contributed by atoms with Gasteiger partial charge in [-0.1, -0.05) is 6.92 Å². The van der Waals surface area contributed by atoms with Crippen LogP contribution in [0.15, 0.2) is 0 Å². The summed E-state index contributed by atoms with van der Waals surface area (Å²) in [5, 5.41) is 0. The molecule has 0 aliphatic rings. The SMILES string of the molecule is CCSC(C)S.[Na+]. The molecule has 0 saturated heterocycles. The Morgan fingerprint density at radius 2 is 2.14 bits per heavy atom. The Labute approximate surface area is 77.5 Å². The third-order valence-corrected chi connectivity index (χ3v) is 1.67. The van der Waals surface area contributed by atoms with E-state index in [9.17, 15) is 0 Å². The molecule has 0 rings (SSSR count). The zero-order chi connectivity index (χ0) is 4.99. The molecule has 0 aromatic rings. The van der Waals surface area contributed by atoms with Crippen LogP contribution in [0, 0.1) is 0 Å². The molecule has 0 aliphatic heterocycles. The first-order valence-electron chi connectivity index (χ1n) is 2.07. The summed E-state index contributed by atoms with van der Waals surface area (Å²) in [5.41, 5.74) is 0. The molecule has 0 spiro atoms. The molecule has 0 fully saturated rings. The molecule has 0 amide bonds. The first-order valence-corrected chi connectivity index (χ1v) is 3.63. The van der Waals surface area contributed by atoms with Gasteiger partial charge in [-0.2, -0.15) is 12.6 Å². The van der Waals surface area contributed by atoms with Crippen LogP contribution in [0.4, 0.5) is 0 Å². The van der Waals surface area contributed by atoms with Crippen LogP contribution < -0.4 is 29.6 Å². The number of hydrogen-bond acceptors (Lipinski definition) is 2. The predicted octanol–water partition coefficient (Wildman–Crippen LogP) is -0.981. The van der Waals surface area contributed by atoms with Crippen molar-refractivity contribution in [2.75, 3.05) is 5.75 Å². The van der Waals surface area contributed by atoms with Gasteiger partial charge in [0.2, 0.25) is 0 Å². The van der Waals surface area contributed by atoms with Crippen molar-refractivity contribution >= 4 is 24.4 Å². The van der Waals surface area contributed by atoms with Gasteiger partial charge in [0.15, 0.2) is 0 Å². The van der Waals surface area contributed by atoms with Crippen molar-refractivity contribution in [1.29, 1.82) is 0 Å². The fraction of sp³-hybridized carbons (Fsp3) is 1.00. The van der Waals surface area contributed by atoms with E-state index in [1.54, 1.807) is 0 Å². The normalized spacial score (nSPS) is 12.4. The largest absolute Gasteiger partial charge is 1.00 e. The Morgan fingerprint density at radius 1 is 1.71 bits per heavy atom. The van der Waals surface area contributed by atoms with Crippen molar-refractivity contribution in [2.24, 2.45) is 0 Å². The molecule has 7 heavy (non-hydrogen) atoms. The van der Waals surface area contributed by atoms with Gasteiger partial charge in [0.25, 0.3) is 0 Å². The molecule has 0 N–H and O–H groups in total. The summed E-state index contributed by atoms with van der Waals surface area (Å²) in [6, 6.07) is 0. The molecule has 1 unspecified atom stereocenters. The second-order valence-electron chi connectivity index (χ2n) is 1.05. The maximum absolute atomic E-state index is 4.14. The molecular formula is C4H10NaS2+.